The lowest BCUT2D eigenvalue weighted by Crippen LogP contribution is -2.18. The van der Waals surface area contributed by atoms with E-state index in [4.69, 9.17) is 0 Å². The Bertz CT molecular complexity index is 685. The summed E-state index contributed by atoms with van der Waals surface area (Å²) in [5.41, 5.74) is -1.33. The smallest absolute Gasteiger partial charge is 0.322 e. The quantitative estimate of drug-likeness (QED) is 0.603. The molecule has 0 spiro atoms. The van der Waals surface area contributed by atoms with Gasteiger partial charge in [0.05, 0.1) is 11.1 Å². The summed E-state index contributed by atoms with van der Waals surface area (Å²) in [4.78, 5) is 12.3. The van der Waals surface area contributed by atoms with E-state index in [1.54, 1.807) is 0 Å². The van der Waals surface area contributed by atoms with E-state index in [2.05, 4.69) is 5.32 Å². The molecule has 0 aliphatic carbocycles. The molecule has 122 valence electrons. The molecular weight excluding hydrogens is 337 g/mol. The Kier molecular flexibility index (Phi) is 5.25. The predicted molar refractivity (Wildman–Crippen MR) is 77.7 cm³/mol. The molecule has 0 bridgehead atoms. The van der Waals surface area contributed by atoms with Gasteiger partial charge in [-0.3, -0.25) is 4.79 Å². The lowest BCUT2D eigenvalue weighted by molar-refractivity contribution is -0.137. The van der Waals surface area contributed by atoms with Crippen molar-refractivity contribution in [2.24, 2.45) is 0 Å². The van der Waals surface area contributed by atoms with Crippen molar-refractivity contribution in [1.82, 2.24) is 0 Å². The largest absolute Gasteiger partial charge is 0.417 e. The van der Waals surface area contributed by atoms with Crippen LogP contribution in [0.5, 0.6) is 0 Å². The monoisotopic (exact) mass is 347 g/mol. The number of carbonyl (C=O) groups is 1. The number of hydrogen-bond donors (Lipinski definition) is 1. The van der Waals surface area contributed by atoms with Gasteiger partial charge < -0.3 is 5.32 Å². The van der Waals surface area contributed by atoms with Crippen LogP contribution in [0.3, 0.4) is 0 Å². The topological polar surface area (TPSA) is 29.1 Å². The van der Waals surface area contributed by atoms with E-state index in [0.717, 1.165) is 12.1 Å². The van der Waals surface area contributed by atoms with Gasteiger partial charge in [0.2, 0.25) is 0 Å². The van der Waals surface area contributed by atoms with E-state index in [1.165, 1.54) is 36.4 Å². The predicted octanol–water partition coefficient (Wildman–Crippen LogP) is 5.27. The van der Waals surface area contributed by atoms with E-state index in [-0.39, 0.29) is 10.6 Å². The molecule has 0 fully saturated rings. The first kappa shape index (κ1) is 17.3. The van der Waals surface area contributed by atoms with Crippen LogP contribution in [0.15, 0.2) is 53.4 Å². The first-order valence-corrected chi connectivity index (χ1v) is 7.18. The molecule has 1 N–H and O–H groups in total. The van der Waals surface area contributed by atoms with Crippen LogP contribution in [0.4, 0.5) is 27.6 Å². The lowest BCUT2D eigenvalue weighted by Gasteiger charge is -2.12. The normalized spacial score (nSPS) is 11.6. The van der Waals surface area contributed by atoms with E-state index in [1.807, 2.05) is 0 Å². The summed E-state index contributed by atoms with van der Waals surface area (Å²) < 4.78 is 63.0. The fourth-order valence-corrected chi connectivity index (χ4v) is 2.35. The summed E-state index contributed by atoms with van der Waals surface area (Å²) in [7, 11) is 0. The molecule has 1 amide bonds. The minimum absolute atomic E-state index is 0.214. The summed E-state index contributed by atoms with van der Waals surface area (Å²) in [6.07, 6.45) is -4.65. The Morgan fingerprint density at radius 2 is 1.61 bits per heavy atom. The number of alkyl halides is 5. The Hall–Kier alpha value is -2.09. The highest BCUT2D eigenvalue weighted by Gasteiger charge is 2.34. The van der Waals surface area contributed by atoms with Gasteiger partial charge in [-0.1, -0.05) is 23.9 Å². The van der Waals surface area contributed by atoms with Gasteiger partial charge in [0.25, 0.3) is 11.7 Å². The van der Waals surface area contributed by atoms with Gasteiger partial charge in [0.1, 0.15) is 0 Å². The Morgan fingerprint density at radius 3 is 2.17 bits per heavy atom. The highest BCUT2D eigenvalue weighted by atomic mass is 32.2. The molecule has 0 aliphatic rings. The fourth-order valence-electron chi connectivity index (χ4n) is 1.85. The molecule has 0 aliphatic heterocycles. The minimum atomic E-state index is -4.65. The van der Waals surface area contributed by atoms with Crippen LogP contribution in [0.2, 0.25) is 0 Å². The molecule has 23 heavy (non-hydrogen) atoms. The third kappa shape index (κ3) is 4.69. The molecule has 2 nitrogen and oxygen atoms in total. The van der Waals surface area contributed by atoms with Crippen LogP contribution in [0, 0.1) is 0 Å². The second kappa shape index (κ2) is 6.99. The summed E-state index contributed by atoms with van der Waals surface area (Å²) in [5.74, 6) is -3.50. The summed E-state index contributed by atoms with van der Waals surface area (Å²) in [6.45, 7) is 0. The van der Waals surface area contributed by atoms with Gasteiger partial charge in [0, 0.05) is 10.6 Å². The SMILES string of the molecule is O=C(Nc1ccc(SC(F)F)cc1)c1ccccc1C(F)(F)F. The Labute approximate surface area is 132 Å². The number of benzene rings is 2. The summed E-state index contributed by atoms with van der Waals surface area (Å²) in [6, 6.07) is 9.79. The van der Waals surface area contributed by atoms with Crippen molar-refractivity contribution in [3.63, 3.8) is 0 Å². The Morgan fingerprint density at radius 1 is 1.00 bits per heavy atom. The molecule has 0 saturated heterocycles. The molecule has 2 rings (SSSR count). The van der Waals surface area contributed by atoms with Gasteiger partial charge in [-0.05, 0) is 36.4 Å². The summed E-state index contributed by atoms with van der Waals surface area (Å²) >= 11 is 0.333. The molecule has 0 radical (unpaired) electrons. The van der Waals surface area contributed by atoms with Gasteiger partial charge >= 0.3 is 6.18 Å². The number of anilines is 1. The number of amides is 1. The number of hydrogen-bond acceptors (Lipinski definition) is 2. The summed E-state index contributed by atoms with van der Waals surface area (Å²) in [5, 5.41) is 2.32. The highest BCUT2D eigenvalue weighted by molar-refractivity contribution is 7.99. The van der Waals surface area contributed by atoms with Crippen molar-refractivity contribution in [2.75, 3.05) is 5.32 Å². The molecule has 2 aromatic rings. The van der Waals surface area contributed by atoms with Gasteiger partial charge in [0.15, 0.2) is 0 Å². The number of halogens is 5. The van der Waals surface area contributed by atoms with Crippen LogP contribution in [-0.4, -0.2) is 11.7 Å². The zero-order chi connectivity index (χ0) is 17.0. The molecule has 0 heterocycles. The number of rotatable bonds is 4. The first-order chi connectivity index (χ1) is 10.8. The molecule has 8 heteroatoms. The van der Waals surface area contributed by atoms with Crippen molar-refractivity contribution in [2.45, 2.75) is 16.8 Å². The van der Waals surface area contributed by atoms with Gasteiger partial charge in [-0.2, -0.15) is 22.0 Å². The van der Waals surface area contributed by atoms with Crippen LogP contribution >= 0.6 is 11.8 Å². The lowest BCUT2D eigenvalue weighted by atomic mass is 10.1. The van der Waals surface area contributed by atoms with E-state index in [9.17, 15) is 26.7 Å². The first-order valence-electron chi connectivity index (χ1n) is 6.30. The standard InChI is InChI=1S/C15H10F5NOS/c16-14(17)23-10-7-5-9(6-8-10)21-13(22)11-3-1-2-4-12(11)15(18,19)20/h1-8,14H,(H,21,22). The minimum Gasteiger partial charge on any atom is -0.322 e. The number of carbonyl (C=O) groups excluding carboxylic acids is 1. The molecule has 0 unspecified atom stereocenters. The van der Waals surface area contributed by atoms with Gasteiger partial charge in [-0.15, -0.1) is 0 Å². The second-order valence-corrected chi connectivity index (χ2v) is 5.46. The van der Waals surface area contributed by atoms with Crippen molar-refractivity contribution < 1.29 is 26.7 Å². The third-order valence-electron chi connectivity index (χ3n) is 2.81. The van der Waals surface area contributed by atoms with Crippen LogP contribution < -0.4 is 5.32 Å². The molecule has 2 aromatic carbocycles. The maximum Gasteiger partial charge on any atom is 0.417 e. The third-order valence-corrected chi connectivity index (χ3v) is 3.54. The highest BCUT2D eigenvalue weighted by Crippen LogP contribution is 2.32. The average Bonchev–Trinajstić information content (AvgIpc) is 2.48. The molecule has 0 saturated carbocycles. The van der Waals surface area contributed by atoms with Crippen molar-refractivity contribution in [3.05, 3.63) is 59.7 Å². The zero-order valence-electron chi connectivity index (χ0n) is 11.4. The van der Waals surface area contributed by atoms with E-state index in [0.29, 0.717) is 11.8 Å². The Balaban J connectivity index is 2.17. The second-order valence-electron chi connectivity index (χ2n) is 4.40. The fraction of sp³-hybridized carbons (Fsp3) is 0.133. The molecule has 0 atom stereocenters. The maximum absolute atomic E-state index is 12.9. The van der Waals surface area contributed by atoms with Gasteiger partial charge in [-0.25, -0.2) is 0 Å². The van der Waals surface area contributed by atoms with E-state index < -0.39 is 29.0 Å². The maximum atomic E-state index is 12.9. The van der Waals surface area contributed by atoms with Crippen LogP contribution in [0.1, 0.15) is 15.9 Å². The van der Waals surface area contributed by atoms with Crippen LogP contribution in [0.25, 0.3) is 0 Å². The van der Waals surface area contributed by atoms with E-state index >= 15 is 0 Å². The number of thioether (sulfide) groups is 1. The zero-order valence-corrected chi connectivity index (χ0v) is 12.2. The van der Waals surface area contributed by atoms with Crippen molar-refractivity contribution >= 4 is 23.4 Å². The molecular formula is C15H10F5NOS. The van der Waals surface area contributed by atoms with Crippen molar-refractivity contribution in [1.29, 1.82) is 0 Å². The molecule has 0 aromatic heterocycles. The number of nitrogens with one attached hydrogen (secondary N) is 1. The average molecular weight is 347 g/mol. The van der Waals surface area contributed by atoms with Crippen LogP contribution in [-0.2, 0) is 6.18 Å². The van der Waals surface area contributed by atoms with Crippen molar-refractivity contribution in [3.8, 4) is 0 Å².